The molecular formula is C21H25ClN2O3S2. The minimum Gasteiger partial charge on any atom is -0.351 e. The maximum Gasteiger partial charge on any atom is 0.261 e. The Kier molecular flexibility index (Phi) is 6.02. The van der Waals surface area contributed by atoms with Crippen LogP contribution in [0.4, 0.5) is 0 Å². The van der Waals surface area contributed by atoms with Crippen molar-refractivity contribution in [3.05, 3.63) is 39.7 Å². The third-order valence-corrected chi connectivity index (χ3v) is 8.72. The predicted molar refractivity (Wildman–Crippen MR) is 117 cm³/mol. The summed E-state index contributed by atoms with van der Waals surface area (Å²) >= 11 is 7.34. The van der Waals surface area contributed by atoms with Crippen molar-refractivity contribution in [3.8, 4) is 10.4 Å². The number of carbonyl (C=O) groups excluding carboxylic acids is 1. The van der Waals surface area contributed by atoms with Crippen LogP contribution in [-0.4, -0.2) is 45.4 Å². The highest BCUT2D eigenvalue weighted by Crippen LogP contribution is 2.43. The molecule has 8 heteroatoms. The average Bonchev–Trinajstić information content (AvgIpc) is 3.08. The van der Waals surface area contributed by atoms with Gasteiger partial charge >= 0.3 is 0 Å². The molecule has 2 aromatic rings. The molecule has 1 aromatic carbocycles. The van der Waals surface area contributed by atoms with Gasteiger partial charge in [-0.25, -0.2) is 8.42 Å². The molecule has 1 atom stereocenters. The Labute approximate surface area is 181 Å². The number of benzene rings is 1. The summed E-state index contributed by atoms with van der Waals surface area (Å²) in [6.07, 6.45) is 3.48. The predicted octanol–water partition coefficient (Wildman–Crippen LogP) is 4.21. The van der Waals surface area contributed by atoms with E-state index in [1.54, 1.807) is 18.2 Å². The van der Waals surface area contributed by atoms with Gasteiger partial charge in [-0.2, -0.15) is 0 Å². The Morgan fingerprint density at radius 2 is 2.17 bits per heavy atom. The van der Waals surface area contributed by atoms with Crippen molar-refractivity contribution >= 4 is 38.7 Å². The molecule has 0 radical (unpaired) electrons. The first-order valence-corrected chi connectivity index (χ1v) is 12.8. The average molecular weight is 453 g/mol. The standard InChI is InChI=1S/C21H25ClN2O3S2/c1-14-4-2-8-24(12-14)9-3-7-23-21(25)18-10-15-13-29(26,27)19-11-16(22)5-6-17(19)20(15)28-18/h5-6,10-11,14H,2-4,7-9,12-13H2,1H3,(H,23,25)/t14-/m1/s1. The smallest absolute Gasteiger partial charge is 0.261 e. The zero-order valence-electron chi connectivity index (χ0n) is 16.4. The summed E-state index contributed by atoms with van der Waals surface area (Å²) in [6.45, 7) is 6.20. The molecule has 0 unspecified atom stereocenters. The lowest BCUT2D eigenvalue weighted by Gasteiger charge is -2.30. The van der Waals surface area contributed by atoms with E-state index in [2.05, 4.69) is 17.1 Å². The molecular weight excluding hydrogens is 428 g/mol. The number of thiophene rings is 1. The van der Waals surface area contributed by atoms with E-state index >= 15 is 0 Å². The zero-order chi connectivity index (χ0) is 20.6. The molecule has 1 saturated heterocycles. The number of nitrogens with zero attached hydrogens (tertiary/aromatic N) is 1. The van der Waals surface area contributed by atoms with Gasteiger partial charge in [0.15, 0.2) is 9.84 Å². The van der Waals surface area contributed by atoms with E-state index < -0.39 is 9.84 Å². The van der Waals surface area contributed by atoms with Crippen LogP contribution >= 0.6 is 22.9 Å². The summed E-state index contributed by atoms with van der Waals surface area (Å²) in [7, 11) is -3.44. The topological polar surface area (TPSA) is 66.5 Å². The molecule has 0 saturated carbocycles. The highest BCUT2D eigenvalue weighted by Gasteiger charge is 2.31. The van der Waals surface area contributed by atoms with Crippen LogP contribution in [0.5, 0.6) is 0 Å². The quantitative estimate of drug-likeness (QED) is 0.690. The number of likely N-dealkylation sites (tertiary alicyclic amines) is 1. The molecule has 1 aromatic heterocycles. The van der Waals surface area contributed by atoms with Crippen LogP contribution in [-0.2, 0) is 15.6 Å². The van der Waals surface area contributed by atoms with Gasteiger partial charge in [-0.15, -0.1) is 11.3 Å². The molecule has 3 heterocycles. The van der Waals surface area contributed by atoms with E-state index in [0.717, 1.165) is 36.9 Å². The minimum atomic E-state index is -3.44. The lowest BCUT2D eigenvalue weighted by atomic mass is 10.0. The second-order valence-electron chi connectivity index (χ2n) is 8.02. The summed E-state index contributed by atoms with van der Waals surface area (Å²) in [5, 5.41) is 3.38. The van der Waals surface area contributed by atoms with E-state index in [-0.39, 0.29) is 16.6 Å². The van der Waals surface area contributed by atoms with Gasteiger partial charge in [-0.05, 0) is 62.0 Å². The van der Waals surface area contributed by atoms with Gasteiger partial charge in [0.1, 0.15) is 0 Å². The van der Waals surface area contributed by atoms with Gasteiger partial charge in [0.05, 0.1) is 15.5 Å². The molecule has 0 bridgehead atoms. The Hall–Kier alpha value is -1.41. The summed E-state index contributed by atoms with van der Waals surface area (Å²) in [6, 6.07) is 6.63. The fourth-order valence-corrected chi connectivity index (χ4v) is 7.31. The molecule has 5 nitrogen and oxygen atoms in total. The number of halogens is 1. The van der Waals surface area contributed by atoms with Crippen LogP contribution in [0.25, 0.3) is 10.4 Å². The molecule has 1 N–H and O–H groups in total. The highest BCUT2D eigenvalue weighted by molar-refractivity contribution is 7.91. The highest BCUT2D eigenvalue weighted by atomic mass is 35.5. The van der Waals surface area contributed by atoms with E-state index in [1.165, 1.54) is 30.2 Å². The lowest BCUT2D eigenvalue weighted by Crippen LogP contribution is -2.36. The summed E-state index contributed by atoms with van der Waals surface area (Å²) in [5.74, 6) is 0.529. The molecule has 0 aliphatic carbocycles. The molecule has 0 spiro atoms. The first kappa shape index (κ1) is 20.8. The number of hydrogen-bond acceptors (Lipinski definition) is 5. The number of sulfone groups is 1. The molecule has 1 fully saturated rings. The monoisotopic (exact) mass is 452 g/mol. The number of amides is 1. The first-order valence-electron chi connectivity index (χ1n) is 9.99. The number of carbonyl (C=O) groups is 1. The van der Waals surface area contributed by atoms with Gasteiger partial charge < -0.3 is 10.2 Å². The van der Waals surface area contributed by atoms with Crippen molar-refractivity contribution in [3.63, 3.8) is 0 Å². The van der Waals surface area contributed by atoms with E-state index in [9.17, 15) is 13.2 Å². The molecule has 2 aliphatic heterocycles. The molecule has 2 aliphatic rings. The number of fused-ring (bicyclic) bond motifs is 3. The molecule has 29 heavy (non-hydrogen) atoms. The van der Waals surface area contributed by atoms with Crippen molar-refractivity contribution in [2.24, 2.45) is 5.92 Å². The van der Waals surface area contributed by atoms with Crippen LogP contribution in [0.1, 0.15) is 41.4 Å². The van der Waals surface area contributed by atoms with Crippen LogP contribution in [0.2, 0.25) is 5.02 Å². The number of hydrogen-bond donors (Lipinski definition) is 1. The van der Waals surface area contributed by atoms with Crippen LogP contribution in [0, 0.1) is 5.92 Å². The van der Waals surface area contributed by atoms with E-state index in [0.29, 0.717) is 27.6 Å². The summed E-state index contributed by atoms with van der Waals surface area (Å²) in [5.41, 5.74) is 1.33. The SMILES string of the molecule is C[C@@H]1CCCN(CCCNC(=O)c2cc3c(s2)-c2ccc(Cl)cc2S(=O)(=O)C3)C1. The lowest BCUT2D eigenvalue weighted by molar-refractivity contribution is 0.0954. The van der Waals surface area contributed by atoms with Crippen molar-refractivity contribution in [2.75, 3.05) is 26.2 Å². The van der Waals surface area contributed by atoms with Crippen molar-refractivity contribution in [1.29, 1.82) is 0 Å². The molecule has 1 amide bonds. The van der Waals surface area contributed by atoms with Gasteiger partial charge in [0.2, 0.25) is 0 Å². The Morgan fingerprint density at radius 3 is 2.97 bits per heavy atom. The van der Waals surface area contributed by atoms with E-state index in [1.807, 2.05) is 0 Å². The Bertz CT molecular complexity index is 1030. The number of piperidine rings is 1. The summed E-state index contributed by atoms with van der Waals surface area (Å²) < 4.78 is 25.2. The second-order valence-corrected chi connectivity index (χ2v) is 11.5. The minimum absolute atomic E-state index is 0.0907. The first-order chi connectivity index (χ1) is 13.8. The maximum atomic E-state index is 12.6. The Balaban J connectivity index is 1.41. The third kappa shape index (κ3) is 4.53. The normalized spacial score (nSPS) is 20.7. The number of rotatable bonds is 5. The second kappa shape index (κ2) is 8.38. The van der Waals surface area contributed by atoms with Crippen LogP contribution < -0.4 is 5.32 Å². The summed E-state index contributed by atoms with van der Waals surface area (Å²) in [4.78, 5) is 16.7. The van der Waals surface area contributed by atoms with Gasteiger partial charge in [0.25, 0.3) is 5.91 Å². The van der Waals surface area contributed by atoms with Crippen molar-refractivity contribution in [1.82, 2.24) is 10.2 Å². The largest absolute Gasteiger partial charge is 0.351 e. The van der Waals surface area contributed by atoms with Gasteiger partial charge in [-0.1, -0.05) is 24.6 Å². The molecule has 156 valence electrons. The van der Waals surface area contributed by atoms with Crippen molar-refractivity contribution < 1.29 is 13.2 Å². The molecule has 4 rings (SSSR count). The van der Waals surface area contributed by atoms with E-state index in [4.69, 9.17) is 11.6 Å². The van der Waals surface area contributed by atoms with Crippen LogP contribution in [0.15, 0.2) is 29.2 Å². The third-order valence-electron chi connectivity index (χ3n) is 5.58. The maximum absolute atomic E-state index is 12.6. The van der Waals surface area contributed by atoms with Gasteiger partial charge in [0, 0.05) is 28.6 Å². The van der Waals surface area contributed by atoms with Crippen LogP contribution in [0.3, 0.4) is 0 Å². The number of nitrogens with one attached hydrogen (secondary N) is 1. The zero-order valence-corrected chi connectivity index (χ0v) is 18.8. The van der Waals surface area contributed by atoms with Crippen molar-refractivity contribution in [2.45, 2.75) is 36.8 Å². The Morgan fingerprint density at radius 1 is 1.34 bits per heavy atom. The van der Waals surface area contributed by atoms with Gasteiger partial charge in [-0.3, -0.25) is 4.79 Å². The fraction of sp³-hybridized carbons (Fsp3) is 0.476. The fourth-order valence-electron chi connectivity index (χ4n) is 4.18.